The van der Waals surface area contributed by atoms with Crippen LogP contribution in [0.2, 0.25) is 0 Å². The van der Waals surface area contributed by atoms with Gasteiger partial charge < -0.3 is 14.6 Å². The Balaban J connectivity index is 1.59. The van der Waals surface area contributed by atoms with Crippen LogP contribution in [0.15, 0.2) is 36.5 Å². The Hall–Kier alpha value is -3.15. The Kier molecular flexibility index (Phi) is 6.07. The molecule has 1 aliphatic rings. The molecule has 1 aliphatic heterocycles. The van der Waals surface area contributed by atoms with Crippen LogP contribution in [0.4, 0.5) is 0 Å². The van der Waals surface area contributed by atoms with Crippen LogP contribution >= 0.6 is 0 Å². The number of carboxylic acid groups (broad SMARTS) is 1. The standard InChI is InChI=1S/C25H29N3O3/c1-17-9-10-19(14-18(17)2)15-28-22-16-27(23(29)7-3-4-8-24(30)31)13-11-20(22)21-6-5-12-26-25(21)28/h5-6,9-10,12,14H,3-4,7-8,11,13,15-16H2,1-2H3,(H,30,31). The summed E-state index contributed by atoms with van der Waals surface area (Å²) >= 11 is 0. The monoisotopic (exact) mass is 419 g/mol. The van der Waals surface area contributed by atoms with Crippen LogP contribution in [0.5, 0.6) is 0 Å². The number of amides is 1. The fourth-order valence-corrected chi connectivity index (χ4v) is 4.44. The molecule has 0 fully saturated rings. The Morgan fingerprint density at radius 3 is 2.68 bits per heavy atom. The lowest BCUT2D eigenvalue weighted by Gasteiger charge is -2.28. The lowest BCUT2D eigenvalue weighted by Crippen LogP contribution is -2.36. The van der Waals surface area contributed by atoms with E-state index in [-0.39, 0.29) is 12.3 Å². The fourth-order valence-electron chi connectivity index (χ4n) is 4.44. The second-order valence-corrected chi connectivity index (χ2v) is 8.47. The molecule has 31 heavy (non-hydrogen) atoms. The number of hydrogen-bond acceptors (Lipinski definition) is 3. The molecule has 162 valence electrons. The van der Waals surface area contributed by atoms with Crippen molar-refractivity contribution in [2.24, 2.45) is 0 Å². The molecule has 0 saturated heterocycles. The molecule has 1 N–H and O–H groups in total. The minimum atomic E-state index is -0.807. The number of carboxylic acids is 1. The van der Waals surface area contributed by atoms with Gasteiger partial charge in [0.1, 0.15) is 5.65 Å². The summed E-state index contributed by atoms with van der Waals surface area (Å²) in [6.45, 7) is 6.25. The van der Waals surface area contributed by atoms with Gasteiger partial charge in [-0.25, -0.2) is 4.98 Å². The number of nitrogens with zero attached hydrogens (tertiary/aromatic N) is 3. The van der Waals surface area contributed by atoms with Crippen molar-refractivity contribution in [3.63, 3.8) is 0 Å². The van der Waals surface area contributed by atoms with Gasteiger partial charge in [0.2, 0.25) is 5.91 Å². The minimum absolute atomic E-state index is 0.104. The Morgan fingerprint density at radius 2 is 1.90 bits per heavy atom. The first-order valence-corrected chi connectivity index (χ1v) is 10.9. The Bertz CT molecular complexity index is 1130. The van der Waals surface area contributed by atoms with Gasteiger partial charge >= 0.3 is 5.97 Å². The third-order valence-electron chi connectivity index (χ3n) is 6.31. The van der Waals surface area contributed by atoms with Gasteiger partial charge in [-0.3, -0.25) is 9.59 Å². The summed E-state index contributed by atoms with van der Waals surface area (Å²) < 4.78 is 2.26. The summed E-state index contributed by atoms with van der Waals surface area (Å²) in [5, 5.41) is 9.96. The number of aromatic nitrogens is 2. The predicted molar refractivity (Wildman–Crippen MR) is 120 cm³/mol. The van der Waals surface area contributed by atoms with Crippen LogP contribution in [0.3, 0.4) is 0 Å². The van der Waals surface area contributed by atoms with E-state index in [2.05, 4.69) is 47.7 Å². The van der Waals surface area contributed by atoms with Gasteiger partial charge in [0.25, 0.3) is 0 Å². The van der Waals surface area contributed by atoms with Crippen LogP contribution in [-0.2, 0) is 29.1 Å². The zero-order chi connectivity index (χ0) is 22.0. The highest BCUT2D eigenvalue weighted by Crippen LogP contribution is 2.31. The fraction of sp³-hybridized carbons (Fsp3) is 0.400. The number of carbonyl (C=O) groups excluding carboxylic acids is 1. The highest BCUT2D eigenvalue weighted by molar-refractivity contribution is 5.84. The first-order chi connectivity index (χ1) is 14.9. The molecule has 3 heterocycles. The average Bonchev–Trinajstić information content (AvgIpc) is 3.07. The van der Waals surface area contributed by atoms with E-state index in [1.807, 2.05) is 17.2 Å². The molecule has 0 radical (unpaired) electrons. The summed E-state index contributed by atoms with van der Waals surface area (Å²) in [5.74, 6) is -0.703. The van der Waals surface area contributed by atoms with Crippen LogP contribution < -0.4 is 0 Å². The quantitative estimate of drug-likeness (QED) is 0.582. The van der Waals surface area contributed by atoms with E-state index < -0.39 is 5.97 Å². The van der Waals surface area contributed by atoms with Crippen molar-refractivity contribution in [3.8, 4) is 0 Å². The number of aryl methyl sites for hydroxylation is 2. The third-order valence-corrected chi connectivity index (χ3v) is 6.31. The van der Waals surface area contributed by atoms with E-state index in [1.54, 1.807) is 0 Å². The molecule has 6 heteroatoms. The van der Waals surface area contributed by atoms with Crippen molar-refractivity contribution >= 4 is 22.9 Å². The zero-order valence-corrected chi connectivity index (χ0v) is 18.2. The molecular formula is C25H29N3O3. The van der Waals surface area contributed by atoms with Crippen molar-refractivity contribution in [1.29, 1.82) is 0 Å². The number of pyridine rings is 1. The smallest absolute Gasteiger partial charge is 0.303 e. The average molecular weight is 420 g/mol. The number of unbranched alkanes of at least 4 members (excludes halogenated alkanes) is 1. The Morgan fingerprint density at radius 1 is 1.10 bits per heavy atom. The number of aliphatic carboxylic acids is 1. The van der Waals surface area contributed by atoms with Crippen LogP contribution in [0, 0.1) is 13.8 Å². The van der Waals surface area contributed by atoms with Gasteiger partial charge in [0.05, 0.1) is 6.54 Å². The maximum Gasteiger partial charge on any atom is 0.303 e. The molecule has 0 atom stereocenters. The van der Waals surface area contributed by atoms with Gasteiger partial charge in [-0.2, -0.15) is 0 Å². The summed E-state index contributed by atoms with van der Waals surface area (Å²) in [5.41, 5.74) is 7.21. The van der Waals surface area contributed by atoms with Crippen molar-refractivity contribution in [3.05, 3.63) is 64.5 Å². The summed E-state index contributed by atoms with van der Waals surface area (Å²) in [6.07, 6.45) is 4.32. The number of benzene rings is 1. The molecule has 0 saturated carbocycles. The van der Waals surface area contributed by atoms with Crippen LogP contribution in [-0.4, -0.2) is 38.0 Å². The predicted octanol–water partition coefficient (Wildman–Crippen LogP) is 4.23. The largest absolute Gasteiger partial charge is 0.481 e. The molecule has 0 bridgehead atoms. The first-order valence-electron chi connectivity index (χ1n) is 10.9. The number of fused-ring (bicyclic) bond motifs is 3. The SMILES string of the molecule is Cc1ccc(Cn2c3c(c4cccnc42)CCN(C(=O)CCCCC(=O)O)C3)cc1C. The van der Waals surface area contributed by atoms with Gasteiger partial charge in [0.15, 0.2) is 0 Å². The van der Waals surface area contributed by atoms with Gasteiger partial charge in [-0.05, 0) is 67.5 Å². The highest BCUT2D eigenvalue weighted by Gasteiger charge is 2.27. The van der Waals surface area contributed by atoms with Gasteiger partial charge in [-0.1, -0.05) is 18.2 Å². The van der Waals surface area contributed by atoms with E-state index in [0.29, 0.717) is 32.4 Å². The summed E-state index contributed by atoms with van der Waals surface area (Å²) in [6, 6.07) is 10.6. The van der Waals surface area contributed by atoms with Crippen molar-refractivity contribution in [2.75, 3.05) is 6.54 Å². The molecule has 3 aromatic rings. The summed E-state index contributed by atoms with van der Waals surface area (Å²) in [4.78, 5) is 30.1. The highest BCUT2D eigenvalue weighted by atomic mass is 16.4. The topological polar surface area (TPSA) is 75.4 Å². The lowest BCUT2D eigenvalue weighted by molar-refractivity contribution is -0.137. The van der Waals surface area contributed by atoms with E-state index in [9.17, 15) is 9.59 Å². The normalized spacial score (nSPS) is 13.4. The summed E-state index contributed by atoms with van der Waals surface area (Å²) in [7, 11) is 0. The maximum atomic E-state index is 12.8. The molecule has 2 aromatic heterocycles. The van der Waals surface area contributed by atoms with Crippen molar-refractivity contribution in [2.45, 2.75) is 59.0 Å². The van der Waals surface area contributed by atoms with E-state index >= 15 is 0 Å². The second-order valence-electron chi connectivity index (χ2n) is 8.47. The van der Waals surface area contributed by atoms with E-state index in [0.717, 1.165) is 24.3 Å². The first kappa shape index (κ1) is 21.1. The maximum absolute atomic E-state index is 12.8. The number of hydrogen-bond donors (Lipinski definition) is 1. The Labute approximate surface area is 182 Å². The molecule has 4 rings (SSSR count). The molecule has 1 aromatic carbocycles. The molecule has 6 nitrogen and oxygen atoms in total. The van der Waals surface area contributed by atoms with E-state index in [4.69, 9.17) is 5.11 Å². The van der Waals surface area contributed by atoms with E-state index in [1.165, 1.54) is 27.6 Å². The zero-order valence-electron chi connectivity index (χ0n) is 18.2. The van der Waals surface area contributed by atoms with Gasteiger partial charge in [-0.15, -0.1) is 0 Å². The lowest BCUT2D eigenvalue weighted by atomic mass is 10.0. The molecular weight excluding hydrogens is 390 g/mol. The second kappa shape index (κ2) is 8.92. The van der Waals surface area contributed by atoms with Gasteiger partial charge in [0, 0.05) is 43.2 Å². The van der Waals surface area contributed by atoms with Crippen molar-refractivity contribution in [1.82, 2.24) is 14.5 Å². The van der Waals surface area contributed by atoms with Crippen LogP contribution in [0.25, 0.3) is 11.0 Å². The van der Waals surface area contributed by atoms with Crippen LogP contribution in [0.1, 0.15) is 53.6 Å². The number of rotatable bonds is 7. The van der Waals surface area contributed by atoms with Crippen molar-refractivity contribution < 1.29 is 14.7 Å². The molecule has 1 amide bonds. The molecule has 0 spiro atoms. The third kappa shape index (κ3) is 4.48. The molecule has 0 unspecified atom stereocenters. The minimum Gasteiger partial charge on any atom is -0.481 e. The number of carbonyl (C=O) groups is 2. The molecule has 0 aliphatic carbocycles.